The van der Waals surface area contributed by atoms with Crippen molar-refractivity contribution in [3.8, 4) is 0 Å². The van der Waals surface area contributed by atoms with E-state index >= 15 is 0 Å². The van der Waals surface area contributed by atoms with Crippen LogP contribution in [0.2, 0.25) is 0 Å². The Balaban J connectivity index is 1.51. The van der Waals surface area contributed by atoms with Crippen LogP contribution in [0.15, 0.2) is 48.5 Å². The summed E-state index contributed by atoms with van der Waals surface area (Å²) in [6.45, 7) is 5.17. The van der Waals surface area contributed by atoms with E-state index in [0.717, 1.165) is 37.7 Å². The summed E-state index contributed by atoms with van der Waals surface area (Å²) in [7, 11) is 0. The number of amides is 2. The molecule has 0 spiro atoms. The topological polar surface area (TPSA) is 82.7 Å². The Labute approximate surface area is 165 Å². The van der Waals surface area contributed by atoms with Crippen LogP contribution in [0.25, 0.3) is 0 Å². The van der Waals surface area contributed by atoms with Crippen molar-refractivity contribution < 1.29 is 14.3 Å². The zero-order chi connectivity index (χ0) is 19.8. The van der Waals surface area contributed by atoms with Gasteiger partial charge in [0.15, 0.2) is 0 Å². The zero-order valence-corrected chi connectivity index (χ0v) is 16.0. The van der Waals surface area contributed by atoms with Crippen LogP contribution in [0.3, 0.4) is 0 Å². The van der Waals surface area contributed by atoms with Gasteiger partial charge in [0, 0.05) is 44.4 Å². The smallest absolute Gasteiger partial charge is 0.226 e. The van der Waals surface area contributed by atoms with E-state index in [1.807, 2.05) is 18.2 Å². The molecule has 0 bridgehead atoms. The van der Waals surface area contributed by atoms with Crippen LogP contribution < -0.4 is 20.9 Å². The molecule has 1 fully saturated rings. The average Bonchev–Trinajstić information content (AvgIpc) is 2.69. The molecule has 148 valence electrons. The minimum absolute atomic E-state index is 0.0867. The van der Waals surface area contributed by atoms with Crippen LogP contribution in [-0.2, 0) is 14.3 Å². The largest absolute Gasteiger partial charge is 0.383 e. The molecule has 0 aromatic heterocycles. The molecule has 0 atom stereocenters. The van der Waals surface area contributed by atoms with Gasteiger partial charge in [-0.1, -0.05) is 18.2 Å². The lowest BCUT2D eigenvalue weighted by Gasteiger charge is -2.30. The lowest BCUT2D eigenvalue weighted by atomic mass is 10.2. The molecule has 0 unspecified atom stereocenters. The van der Waals surface area contributed by atoms with Gasteiger partial charge in [0.25, 0.3) is 0 Å². The number of hydrogen-bond donors (Lipinski definition) is 3. The third-order valence-corrected chi connectivity index (χ3v) is 4.39. The molecule has 1 heterocycles. The summed E-state index contributed by atoms with van der Waals surface area (Å²) in [6.07, 6.45) is 0.335. The summed E-state index contributed by atoms with van der Waals surface area (Å²) in [5, 5.41) is 8.93. The zero-order valence-electron chi connectivity index (χ0n) is 16.0. The van der Waals surface area contributed by atoms with Crippen LogP contribution in [0.4, 0.5) is 22.7 Å². The molecule has 1 aliphatic heterocycles. The van der Waals surface area contributed by atoms with Crippen LogP contribution >= 0.6 is 0 Å². The van der Waals surface area contributed by atoms with Crippen molar-refractivity contribution >= 4 is 34.6 Å². The van der Waals surface area contributed by atoms with Gasteiger partial charge in [-0.05, 0) is 30.3 Å². The Hall–Kier alpha value is -3.06. The maximum Gasteiger partial charge on any atom is 0.226 e. The molecule has 0 aliphatic carbocycles. The first-order valence-electron chi connectivity index (χ1n) is 9.45. The van der Waals surface area contributed by atoms with E-state index in [0.29, 0.717) is 24.3 Å². The Morgan fingerprint density at radius 2 is 1.71 bits per heavy atom. The molecule has 28 heavy (non-hydrogen) atoms. The molecule has 0 saturated carbocycles. The summed E-state index contributed by atoms with van der Waals surface area (Å²) in [5.41, 5.74) is 3.46. The minimum atomic E-state index is -0.147. The molecule has 7 heteroatoms. The maximum atomic E-state index is 12.3. The van der Waals surface area contributed by atoms with E-state index in [2.05, 4.69) is 26.9 Å². The Morgan fingerprint density at radius 3 is 2.46 bits per heavy atom. The maximum absolute atomic E-state index is 12.3. The fourth-order valence-electron chi connectivity index (χ4n) is 3.12. The van der Waals surface area contributed by atoms with Crippen LogP contribution in [-0.4, -0.2) is 44.7 Å². The van der Waals surface area contributed by atoms with Crippen molar-refractivity contribution in [3.63, 3.8) is 0 Å². The fourth-order valence-corrected chi connectivity index (χ4v) is 3.12. The van der Waals surface area contributed by atoms with E-state index in [1.54, 1.807) is 24.3 Å². The number of carbonyl (C=O) groups is 2. The number of para-hydroxylation sites is 2. The second-order valence-corrected chi connectivity index (χ2v) is 6.60. The van der Waals surface area contributed by atoms with Gasteiger partial charge in [0.2, 0.25) is 11.8 Å². The summed E-state index contributed by atoms with van der Waals surface area (Å²) in [6, 6.07) is 15.2. The number of benzene rings is 2. The number of hydrogen-bond acceptors (Lipinski definition) is 5. The minimum Gasteiger partial charge on any atom is -0.383 e. The summed E-state index contributed by atoms with van der Waals surface area (Å²) in [4.78, 5) is 25.7. The molecule has 0 radical (unpaired) electrons. The normalized spacial score (nSPS) is 13.7. The molecular weight excluding hydrogens is 356 g/mol. The number of nitrogens with zero attached hydrogens (tertiary/aromatic N) is 1. The van der Waals surface area contributed by atoms with Crippen molar-refractivity contribution in [2.24, 2.45) is 0 Å². The van der Waals surface area contributed by atoms with Gasteiger partial charge in [0.05, 0.1) is 24.6 Å². The number of carbonyl (C=O) groups excluding carboxylic acids is 2. The fraction of sp³-hybridized carbons (Fsp3) is 0.333. The molecule has 3 N–H and O–H groups in total. The second kappa shape index (κ2) is 9.75. The standard InChI is InChI=1S/C21H26N4O3/c1-16(26)23-17-5-4-6-18(15-17)24-21(27)9-10-22-19-7-2-3-8-20(19)25-11-13-28-14-12-25/h2-8,15,22H,9-14H2,1H3,(H,23,26)(H,24,27). The van der Waals surface area contributed by atoms with Crippen LogP contribution in [0.1, 0.15) is 13.3 Å². The van der Waals surface area contributed by atoms with Crippen LogP contribution in [0, 0.1) is 0 Å². The molecule has 7 nitrogen and oxygen atoms in total. The average molecular weight is 382 g/mol. The molecule has 1 aliphatic rings. The summed E-state index contributed by atoms with van der Waals surface area (Å²) < 4.78 is 5.42. The second-order valence-electron chi connectivity index (χ2n) is 6.60. The molecule has 2 amide bonds. The number of nitrogens with one attached hydrogen (secondary N) is 3. The summed E-state index contributed by atoms with van der Waals surface area (Å²) in [5.74, 6) is -0.233. The highest BCUT2D eigenvalue weighted by atomic mass is 16.5. The number of anilines is 4. The van der Waals surface area contributed by atoms with Gasteiger partial charge in [0.1, 0.15) is 0 Å². The first kappa shape index (κ1) is 19.7. The van der Waals surface area contributed by atoms with Crippen molar-refractivity contribution in [2.75, 3.05) is 53.7 Å². The van der Waals surface area contributed by atoms with E-state index in [-0.39, 0.29) is 11.8 Å². The highest BCUT2D eigenvalue weighted by Gasteiger charge is 2.14. The van der Waals surface area contributed by atoms with Crippen molar-refractivity contribution in [3.05, 3.63) is 48.5 Å². The van der Waals surface area contributed by atoms with Crippen molar-refractivity contribution in [1.29, 1.82) is 0 Å². The molecule has 2 aromatic carbocycles. The Morgan fingerprint density at radius 1 is 1.00 bits per heavy atom. The third kappa shape index (κ3) is 5.72. The molecule has 3 rings (SSSR count). The number of rotatable bonds is 7. The van der Waals surface area contributed by atoms with Gasteiger partial charge in [-0.3, -0.25) is 9.59 Å². The predicted molar refractivity (Wildman–Crippen MR) is 112 cm³/mol. The SMILES string of the molecule is CC(=O)Nc1cccc(NC(=O)CCNc2ccccc2N2CCOCC2)c1. The van der Waals surface area contributed by atoms with Gasteiger partial charge >= 0.3 is 0 Å². The van der Waals surface area contributed by atoms with E-state index in [9.17, 15) is 9.59 Å². The monoisotopic (exact) mass is 382 g/mol. The highest BCUT2D eigenvalue weighted by molar-refractivity contribution is 5.93. The van der Waals surface area contributed by atoms with Gasteiger partial charge in [-0.15, -0.1) is 0 Å². The predicted octanol–water partition coefficient (Wildman–Crippen LogP) is 2.92. The molecule has 2 aromatic rings. The quantitative estimate of drug-likeness (QED) is 0.686. The van der Waals surface area contributed by atoms with E-state index < -0.39 is 0 Å². The van der Waals surface area contributed by atoms with Crippen molar-refractivity contribution in [1.82, 2.24) is 0 Å². The van der Waals surface area contributed by atoms with Gasteiger partial charge < -0.3 is 25.6 Å². The first-order valence-corrected chi connectivity index (χ1v) is 9.45. The van der Waals surface area contributed by atoms with Crippen LogP contribution in [0.5, 0.6) is 0 Å². The lowest BCUT2D eigenvalue weighted by Crippen LogP contribution is -2.36. The van der Waals surface area contributed by atoms with E-state index in [1.165, 1.54) is 6.92 Å². The molecule has 1 saturated heterocycles. The lowest BCUT2D eigenvalue weighted by molar-refractivity contribution is -0.116. The Bertz CT molecular complexity index is 819. The van der Waals surface area contributed by atoms with Gasteiger partial charge in [-0.2, -0.15) is 0 Å². The van der Waals surface area contributed by atoms with E-state index in [4.69, 9.17) is 4.74 Å². The molecular formula is C21H26N4O3. The highest BCUT2D eigenvalue weighted by Crippen LogP contribution is 2.26. The Kier molecular flexibility index (Phi) is 6.86. The summed E-state index contributed by atoms with van der Waals surface area (Å²) >= 11 is 0. The third-order valence-electron chi connectivity index (χ3n) is 4.39. The first-order chi connectivity index (χ1) is 13.6. The number of morpholine rings is 1. The van der Waals surface area contributed by atoms with Crippen molar-refractivity contribution in [2.45, 2.75) is 13.3 Å². The number of ether oxygens (including phenoxy) is 1. The van der Waals surface area contributed by atoms with Gasteiger partial charge in [-0.25, -0.2) is 0 Å².